The van der Waals surface area contributed by atoms with Gasteiger partial charge in [-0.1, -0.05) is 18.7 Å². The minimum atomic E-state index is -0.0204. The predicted molar refractivity (Wildman–Crippen MR) is 167 cm³/mol. The zero-order valence-electron chi connectivity index (χ0n) is 23.9. The van der Waals surface area contributed by atoms with Crippen LogP contribution in [0.1, 0.15) is 12.5 Å². The highest BCUT2D eigenvalue weighted by Gasteiger charge is 2.33. The molecule has 10 heteroatoms. The number of piperazine rings is 1. The fourth-order valence-corrected chi connectivity index (χ4v) is 6.68. The maximum absolute atomic E-state index is 12.4. The van der Waals surface area contributed by atoms with E-state index in [0.717, 1.165) is 68.7 Å². The second-order valence-corrected chi connectivity index (χ2v) is 11.9. The molecule has 0 spiro atoms. The zero-order chi connectivity index (χ0) is 28.3. The van der Waals surface area contributed by atoms with Gasteiger partial charge in [-0.2, -0.15) is 10.1 Å². The van der Waals surface area contributed by atoms with Gasteiger partial charge in [-0.3, -0.25) is 9.48 Å². The van der Waals surface area contributed by atoms with E-state index in [2.05, 4.69) is 87.8 Å². The van der Waals surface area contributed by atoms with Gasteiger partial charge in [-0.05, 0) is 62.8 Å². The highest BCUT2D eigenvalue weighted by atomic mass is 31.0. The van der Waals surface area contributed by atoms with Gasteiger partial charge < -0.3 is 19.6 Å². The van der Waals surface area contributed by atoms with Crippen LogP contribution in [0.5, 0.6) is 0 Å². The molecule has 0 bridgehead atoms. The van der Waals surface area contributed by atoms with Crippen molar-refractivity contribution in [2.75, 3.05) is 56.6 Å². The van der Waals surface area contributed by atoms with Gasteiger partial charge in [0.25, 0.3) is 0 Å². The average Bonchev–Trinajstić information content (AvgIpc) is 3.28. The Labute approximate surface area is 237 Å². The van der Waals surface area contributed by atoms with Crippen molar-refractivity contribution in [1.82, 2.24) is 29.5 Å². The maximum Gasteiger partial charge on any atom is 0.246 e. The van der Waals surface area contributed by atoms with E-state index in [4.69, 9.17) is 9.97 Å². The van der Waals surface area contributed by atoms with Crippen molar-refractivity contribution in [3.05, 3.63) is 48.7 Å². The first-order valence-electron chi connectivity index (χ1n) is 13.8. The van der Waals surface area contributed by atoms with Gasteiger partial charge in [-0.25, -0.2) is 4.98 Å². The van der Waals surface area contributed by atoms with Crippen LogP contribution in [0.3, 0.4) is 0 Å². The first kappa shape index (κ1) is 26.7. The topological polar surface area (TPSA) is 73.6 Å². The summed E-state index contributed by atoms with van der Waals surface area (Å²) in [7, 11) is 9.21. The highest BCUT2D eigenvalue weighted by molar-refractivity contribution is 7.29. The van der Waals surface area contributed by atoms with E-state index in [0.29, 0.717) is 25.7 Å². The molecular formula is C30H37N8OP. The summed E-state index contributed by atoms with van der Waals surface area (Å²) in [5.74, 6) is 1.67. The fraction of sp³-hybridized carbons (Fsp3) is 0.400. The third-order valence-corrected chi connectivity index (χ3v) is 9.08. The van der Waals surface area contributed by atoms with Gasteiger partial charge in [-0.15, -0.1) is 9.24 Å². The molecule has 1 unspecified atom stereocenters. The van der Waals surface area contributed by atoms with Gasteiger partial charge in [0.05, 0.1) is 17.2 Å². The minimum Gasteiger partial charge on any atom is -0.352 e. The molecule has 1 amide bonds. The number of hydrogen-bond acceptors (Lipinski definition) is 7. The highest BCUT2D eigenvalue weighted by Crippen LogP contribution is 2.37. The van der Waals surface area contributed by atoms with Gasteiger partial charge in [0, 0.05) is 67.9 Å². The average molecular weight is 557 g/mol. The Morgan fingerprint density at radius 1 is 1.12 bits per heavy atom. The molecule has 2 aliphatic heterocycles. The standard InChI is InChI=1S/C30H37N8OP/c1-7-25(39)38-12-11-36(15-19(38)3)29-22-13-18(2)26(21-9-8-10-24-23(21)14-31-35(24)6)28(40)27(22)32-30(33-29)37-16-20(17-37)34(4)5/h7-10,13-14,19-20H,1,11-12,15-17,40H2,2-6H3/t19-/m1/s1. The molecule has 9 nitrogen and oxygen atoms in total. The lowest BCUT2D eigenvalue weighted by molar-refractivity contribution is -0.128. The molecule has 2 atom stereocenters. The molecule has 208 valence electrons. The third kappa shape index (κ3) is 4.32. The van der Waals surface area contributed by atoms with Crippen LogP contribution in [-0.2, 0) is 11.8 Å². The minimum absolute atomic E-state index is 0.0204. The van der Waals surface area contributed by atoms with E-state index in [-0.39, 0.29) is 11.9 Å². The Morgan fingerprint density at radius 3 is 2.60 bits per heavy atom. The van der Waals surface area contributed by atoms with Crippen LogP contribution >= 0.6 is 9.24 Å². The van der Waals surface area contributed by atoms with Crippen LogP contribution in [0.4, 0.5) is 11.8 Å². The molecule has 6 rings (SSSR count). The lowest BCUT2D eigenvalue weighted by Crippen LogP contribution is -2.58. The van der Waals surface area contributed by atoms with Crippen molar-refractivity contribution in [2.24, 2.45) is 7.05 Å². The molecule has 4 heterocycles. The maximum atomic E-state index is 12.4. The van der Waals surface area contributed by atoms with E-state index in [1.807, 2.05) is 22.8 Å². The van der Waals surface area contributed by atoms with Gasteiger partial charge in [0.2, 0.25) is 11.9 Å². The van der Waals surface area contributed by atoms with Crippen LogP contribution in [0.15, 0.2) is 43.1 Å². The smallest absolute Gasteiger partial charge is 0.246 e. The van der Waals surface area contributed by atoms with E-state index >= 15 is 0 Å². The van der Waals surface area contributed by atoms with E-state index < -0.39 is 0 Å². The van der Waals surface area contributed by atoms with Crippen LogP contribution < -0.4 is 15.1 Å². The van der Waals surface area contributed by atoms with Crippen LogP contribution in [-0.4, -0.2) is 94.4 Å². The SMILES string of the molecule is C=CC(=O)N1CCN(c2nc(N3CC(N(C)C)C3)nc3c(P)c(-c4cccc5c4cnn5C)c(C)cc23)C[C@H]1C. The van der Waals surface area contributed by atoms with E-state index in [9.17, 15) is 4.79 Å². The number of anilines is 2. The van der Waals surface area contributed by atoms with Crippen LogP contribution in [0.2, 0.25) is 0 Å². The summed E-state index contributed by atoms with van der Waals surface area (Å²) in [4.78, 5) is 31.5. The molecule has 2 aromatic heterocycles. The van der Waals surface area contributed by atoms with Crippen molar-refractivity contribution < 1.29 is 4.79 Å². The van der Waals surface area contributed by atoms with E-state index in [1.165, 1.54) is 6.08 Å². The quantitative estimate of drug-likeness (QED) is 0.277. The van der Waals surface area contributed by atoms with E-state index in [1.54, 1.807) is 0 Å². The Morgan fingerprint density at radius 2 is 1.90 bits per heavy atom. The number of fused-ring (bicyclic) bond motifs is 2. The molecule has 0 N–H and O–H groups in total. The number of aromatic nitrogens is 4. The Hall–Kier alpha value is -3.55. The van der Waals surface area contributed by atoms with Crippen molar-refractivity contribution in [1.29, 1.82) is 0 Å². The van der Waals surface area contributed by atoms with Crippen molar-refractivity contribution in [3.8, 4) is 11.1 Å². The first-order valence-corrected chi connectivity index (χ1v) is 14.4. The Kier molecular flexibility index (Phi) is 6.75. The predicted octanol–water partition coefficient (Wildman–Crippen LogP) is 2.97. The second kappa shape index (κ2) is 10.1. The first-order chi connectivity index (χ1) is 19.2. The molecule has 2 fully saturated rings. The second-order valence-electron chi connectivity index (χ2n) is 11.3. The number of aryl methyl sites for hydroxylation is 2. The summed E-state index contributed by atoms with van der Waals surface area (Å²) in [6, 6.07) is 9.14. The molecule has 4 aromatic rings. The zero-order valence-corrected chi connectivity index (χ0v) is 25.1. The molecule has 2 aromatic carbocycles. The van der Waals surface area contributed by atoms with Gasteiger partial charge in [0.15, 0.2) is 0 Å². The lowest BCUT2D eigenvalue weighted by atomic mass is 9.95. The largest absolute Gasteiger partial charge is 0.352 e. The molecule has 2 aliphatic rings. The third-order valence-electron chi connectivity index (χ3n) is 8.51. The summed E-state index contributed by atoms with van der Waals surface area (Å²) in [5, 5.41) is 7.74. The summed E-state index contributed by atoms with van der Waals surface area (Å²) < 4.78 is 1.92. The summed E-state index contributed by atoms with van der Waals surface area (Å²) in [6.45, 7) is 11.8. The molecule has 0 saturated carbocycles. The summed E-state index contributed by atoms with van der Waals surface area (Å²) in [5.41, 5.74) is 5.52. The summed E-state index contributed by atoms with van der Waals surface area (Å²) >= 11 is 0. The van der Waals surface area contributed by atoms with Crippen molar-refractivity contribution in [2.45, 2.75) is 25.9 Å². The molecule has 40 heavy (non-hydrogen) atoms. The van der Waals surface area contributed by atoms with Gasteiger partial charge >= 0.3 is 0 Å². The Bertz CT molecular complexity index is 1640. The monoisotopic (exact) mass is 556 g/mol. The number of rotatable bonds is 5. The number of hydrogen-bond donors (Lipinski definition) is 0. The van der Waals surface area contributed by atoms with Crippen molar-refractivity contribution in [3.63, 3.8) is 0 Å². The number of nitrogens with zero attached hydrogens (tertiary/aromatic N) is 8. The number of amides is 1. The van der Waals surface area contributed by atoms with Crippen LogP contribution in [0, 0.1) is 6.92 Å². The normalized spacial score (nSPS) is 18.2. The number of benzene rings is 2. The number of likely N-dealkylation sites (N-methyl/N-ethyl adjacent to an activating group) is 1. The lowest BCUT2D eigenvalue weighted by Gasteiger charge is -2.44. The molecule has 2 saturated heterocycles. The number of carbonyl (C=O) groups excluding carboxylic acids is 1. The number of carbonyl (C=O) groups is 1. The van der Waals surface area contributed by atoms with Gasteiger partial charge in [0.1, 0.15) is 5.82 Å². The summed E-state index contributed by atoms with van der Waals surface area (Å²) in [6.07, 6.45) is 3.35. The fourth-order valence-electron chi connectivity index (χ4n) is 6.08. The molecule has 0 radical (unpaired) electrons. The van der Waals surface area contributed by atoms with Crippen LogP contribution in [0.25, 0.3) is 32.9 Å². The Balaban J connectivity index is 1.50. The van der Waals surface area contributed by atoms with Crippen molar-refractivity contribution >= 4 is 54.0 Å². The molecular weight excluding hydrogens is 519 g/mol. The molecule has 0 aliphatic carbocycles.